The van der Waals surface area contributed by atoms with E-state index in [-0.39, 0.29) is 11.6 Å². The molecule has 0 aliphatic rings. The summed E-state index contributed by atoms with van der Waals surface area (Å²) in [6, 6.07) is 11.3. The molecule has 2 aromatic carbocycles. The van der Waals surface area contributed by atoms with Gasteiger partial charge in [-0.25, -0.2) is 9.37 Å². The summed E-state index contributed by atoms with van der Waals surface area (Å²) in [4.78, 5) is 15.1. The summed E-state index contributed by atoms with van der Waals surface area (Å²) in [5.74, 6) is 1.11. The average molecular weight is 430 g/mol. The van der Waals surface area contributed by atoms with Gasteiger partial charge in [0.05, 0.1) is 7.11 Å². The fourth-order valence-corrected chi connectivity index (χ4v) is 4.00. The van der Waals surface area contributed by atoms with Crippen LogP contribution in [-0.2, 0) is 6.42 Å². The molecule has 0 aliphatic heterocycles. The summed E-state index contributed by atoms with van der Waals surface area (Å²) in [7, 11) is 1.66. The van der Waals surface area contributed by atoms with Crippen molar-refractivity contribution in [1.29, 1.82) is 0 Å². The van der Waals surface area contributed by atoms with Crippen molar-refractivity contribution in [3.8, 4) is 16.9 Å². The van der Waals surface area contributed by atoms with Crippen molar-refractivity contribution in [1.82, 2.24) is 19.9 Å². The first-order chi connectivity index (χ1) is 15.5. The Morgan fingerprint density at radius 3 is 2.75 bits per heavy atom. The molecule has 0 amide bonds. The number of halogens is 1. The Labute approximate surface area is 183 Å². The van der Waals surface area contributed by atoms with Gasteiger partial charge in [0.15, 0.2) is 0 Å². The van der Waals surface area contributed by atoms with Gasteiger partial charge in [-0.1, -0.05) is 0 Å². The number of aromatic amines is 2. The molecule has 32 heavy (non-hydrogen) atoms. The summed E-state index contributed by atoms with van der Waals surface area (Å²) < 4.78 is 20.4. The first-order valence-corrected chi connectivity index (χ1v) is 10.3. The second kappa shape index (κ2) is 7.88. The average Bonchev–Trinajstić information content (AvgIpc) is 3.37. The zero-order valence-corrected chi connectivity index (χ0v) is 17.8. The molecule has 5 aromatic rings. The predicted molar refractivity (Wildman–Crippen MR) is 125 cm³/mol. The normalized spacial score (nSPS) is 11.3. The number of hydrogen-bond acceptors (Lipinski definition) is 5. The third kappa shape index (κ3) is 3.49. The van der Waals surface area contributed by atoms with Gasteiger partial charge in [0.1, 0.15) is 17.4 Å². The number of ether oxygens (including phenoxy) is 1. The van der Waals surface area contributed by atoms with Crippen LogP contribution >= 0.6 is 0 Å². The minimum atomic E-state index is -0.336. The van der Waals surface area contributed by atoms with Crippen molar-refractivity contribution in [2.24, 2.45) is 0 Å². The van der Waals surface area contributed by atoms with Gasteiger partial charge in [0.2, 0.25) is 5.95 Å². The number of nitrogen functional groups attached to an aromatic ring is 1. The fourth-order valence-electron chi connectivity index (χ4n) is 4.00. The molecule has 5 rings (SSSR count). The highest BCUT2D eigenvalue weighted by Crippen LogP contribution is 2.32. The van der Waals surface area contributed by atoms with Crippen LogP contribution in [0.1, 0.15) is 11.3 Å². The molecule has 0 saturated carbocycles. The Morgan fingerprint density at radius 1 is 1.09 bits per heavy atom. The molecular formula is C24H23FN6O. The summed E-state index contributed by atoms with van der Waals surface area (Å²) in [5, 5.41) is 4.84. The molecular weight excluding hydrogens is 407 g/mol. The maximum absolute atomic E-state index is 15.0. The highest BCUT2D eigenvalue weighted by Gasteiger charge is 2.15. The number of nitrogens with zero attached hydrogens (tertiary/aromatic N) is 2. The summed E-state index contributed by atoms with van der Waals surface area (Å²) in [6.07, 6.45) is 4.31. The van der Waals surface area contributed by atoms with Crippen molar-refractivity contribution in [2.45, 2.75) is 13.3 Å². The van der Waals surface area contributed by atoms with Crippen molar-refractivity contribution in [3.05, 3.63) is 65.9 Å². The molecule has 8 heteroatoms. The molecule has 3 aromatic heterocycles. The van der Waals surface area contributed by atoms with Crippen LogP contribution in [0.4, 0.5) is 16.2 Å². The van der Waals surface area contributed by atoms with Crippen LogP contribution in [0.3, 0.4) is 0 Å². The Morgan fingerprint density at radius 2 is 1.94 bits per heavy atom. The van der Waals surface area contributed by atoms with Crippen molar-refractivity contribution < 1.29 is 9.13 Å². The molecule has 7 nitrogen and oxygen atoms in total. The second-order valence-corrected chi connectivity index (χ2v) is 7.74. The van der Waals surface area contributed by atoms with Crippen LogP contribution in [0.25, 0.3) is 32.9 Å². The van der Waals surface area contributed by atoms with Crippen LogP contribution in [0, 0.1) is 12.7 Å². The largest absolute Gasteiger partial charge is 0.497 e. The molecule has 0 bridgehead atoms. The highest BCUT2D eigenvalue weighted by atomic mass is 19.1. The Bertz CT molecular complexity index is 1440. The van der Waals surface area contributed by atoms with E-state index in [9.17, 15) is 0 Å². The predicted octanol–water partition coefficient (Wildman–Crippen LogP) is 4.80. The highest BCUT2D eigenvalue weighted by molar-refractivity contribution is 5.88. The van der Waals surface area contributed by atoms with E-state index in [1.165, 1.54) is 0 Å². The van der Waals surface area contributed by atoms with E-state index in [0.29, 0.717) is 29.0 Å². The van der Waals surface area contributed by atoms with Crippen LogP contribution in [0.5, 0.6) is 5.75 Å². The molecule has 0 spiro atoms. The number of methoxy groups -OCH3 is 1. The summed E-state index contributed by atoms with van der Waals surface area (Å²) in [6.45, 7) is 2.51. The Kier molecular flexibility index (Phi) is 4.89. The van der Waals surface area contributed by atoms with Gasteiger partial charge in [-0.05, 0) is 55.3 Å². The molecule has 0 radical (unpaired) electrons. The van der Waals surface area contributed by atoms with Crippen LogP contribution in [-0.4, -0.2) is 33.6 Å². The van der Waals surface area contributed by atoms with Crippen LogP contribution in [0.2, 0.25) is 0 Å². The van der Waals surface area contributed by atoms with Crippen LogP contribution < -0.4 is 15.8 Å². The monoisotopic (exact) mass is 430 g/mol. The zero-order chi connectivity index (χ0) is 22.2. The number of nitrogens with one attached hydrogen (secondary N) is 3. The smallest absolute Gasteiger partial charge is 0.224 e. The lowest BCUT2D eigenvalue weighted by molar-refractivity contribution is 0.415. The van der Waals surface area contributed by atoms with Gasteiger partial charge < -0.3 is 25.8 Å². The van der Waals surface area contributed by atoms with Gasteiger partial charge in [0.25, 0.3) is 0 Å². The minimum absolute atomic E-state index is 0.227. The lowest BCUT2D eigenvalue weighted by Gasteiger charge is -2.10. The third-order valence-corrected chi connectivity index (χ3v) is 5.63. The van der Waals surface area contributed by atoms with Gasteiger partial charge in [-0.2, -0.15) is 4.98 Å². The van der Waals surface area contributed by atoms with E-state index in [1.54, 1.807) is 25.4 Å². The van der Waals surface area contributed by atoms with Gasteiger partial charge >= 0.3 is 0 Å². The quantitative estimate of drug-likeness (QED) is 0.310. The number of benzene rings is 2. The maximum atomic E-state index is 15.0. The molecule has 0 unspecified atom stereocenters. The maximum Gasteiger partial charge on any atom is 0.224 e. The van der Waals surface area contributed by atoms with E-state index in [4.69, 9.17) is 10.5 Å². The Hall–Kier alpha value is -4.07. The summed E-state index contributed by atoms with van der Waals surface area (Å²) in [5.41, 5.74) is 10.9. The molecule has 3 heterocycles. The first kappa shape index (κ1) is 19.9. The minimum Gasteiger partial charge on any atom is -0.497 e. The topological polar surface area (TPSA) is 105 Å². The van der Waals surface area contributed by atoms with E-state index in [1.807, 2.05) is 37.4 Å². The number of nitrogens with two attached hydrogens (primary N) is 1. The Balaban J connectivity index is 1.33. The first-order valence-electron chi connectivity index (χ1n) is 10.3. The number of aryl methyl sites for hydroxylation is 1. The molecule has 5 N–H and O–H groups in total. The lowest BCUT2D eigenvalue weighted by atomic mass is 10.0. The van der Waals surface area contributed by atoms with E-state index < -0.39 is 0 Å². The number of fused-ring (bicyclic) bond motifs is 2. The number of aromatic nitrogens is 4. The molecule has 0 fully saturated rings. The SMILES string of the molecule is COc1ccc2[nH]cc(CCNc3ncc(-c4ccc5[nH]c(C)cc5c4F)c(N)n3)c2c1. The van der Waals surface area contributed by atoms with Gasteiger partial charge in [-0.15, -0.1) is 0 Å². The fraction of sp³-hybridized carbons (Fsp3) is 0.167. The van der Waals surface area contributed by atoms with Gasteiger partial charge in [0, 0.05) is 57.6 Å². The summed E-state index contributed by atoms with van der Waals surface area (Å²) >= 11 is 0. The number of anilines is 2. The standard InChI is InChI=1S/C24H23FN6O/c1-13-9-18-21(30-13)6-4-16(22(18)25)19-12-29-24(31-23(19)26)27-8-7-14-11-28-20-5-3-15(32-2)10-17(14)20/h3-6,9-12,28,30H,7-8H2,1-2H3,(H3,26,27,29,31). The molecule has 0 aliphatic carbocycles. The molecule has 0 saturated heterocycles. The van der Waals surface area contributed by atoms with Gasteiger partial charge in [-0.3, -0.25) is 0 Å². The molecule has 162 valence electrons. The second-order valence-electron chi connectivity index (χ2n) is 7.74. The van der Waals surface area contributed by atoms with E-state index >= 15 is 4.39 Å². The van der Waals surface area contributed by atoms with E-state index in [0.717, 1.165) is 39.8 Å². The lowest BCUT2D eigenvalue weighted by Crippen LogP contribution is -2.09. The van der Waals surface area contributed by atoms with Crippen molar-refractivity contribution in [3.63, 3.8) is 0 Å². The van der Waals surface area contributed by atoms with Crippen LogP contribution in [0.15, 0.2) is 48.8 Å². The number of rotatable bonds is 6. The number of H-pyrrole nitrogens is 2. The molecule has 0 atom stereocenters. The third-order valence-electron chi connectivity index (χ3n) is 5.63. The van der Waals surface area contributed by atoms with Crippen molar-refractivity contribution >= 4 is 33.6 Å². The van der Waals surface area contributed by atoms with Crippen molar-refractivity contribution in [2.75, 3.05) is 24.7 Å². The zero-order valence-electron chi connectivity index (χ0n) is 17.8. The van der Waals surface area contributed by atoms with E-state index in [2.05, 4.69) is 25.3 Å². The number of hydrogen-bond donors (Lipinski definition) is 4.